The molecule has 5 heteroatoms. The summed E-state index contributed by atoms with van der Waals surface area (Å²) in [5.41, 5.74) is 6.71. The zero-order chi connectivity index (χ0) is 12.3. The Balaban J connectivity index is 0.00000162. The van der Waals surface area contributed by atoms with Gasteiger partial charge in [0.2, 0.25) is 0 Å². The highest BCUT2D eigenvalue weighted by Crippen LogP contribution is 2.14. The van der Waals surface area contributed by atoms with Gasteiger partial charge in [0.05, 0.1) is 5.02 Å². The minimum atomic E-state index is -0.432. The third kappa shape index (κ3) is 3.28. The average molecular weight is 267 g/mol. The predicted octanol–water partition coefficient (Wildman–Crippen LogP) is -1.22. The van der Waals surface area contributed by atoms with Gasteiger partial charge in [0.15, 0.2) is 18.9 Å². The standard InChI is InChI=1S/C13H11ClN2O.FH/c14-12-6-2-1-4-10(12)8-16-7-3-5-11(9-16)13(15)17;/h1-7,9H,8H2,(H-,15,17);1H. The molecular formula is C13H12ClFN2O. The van der Waals surface area contributed by atoms with Gasteiger partial charge in [-0.15, -0.1) is 0 Å². The molecule has 1 aromatic heterocycles. The number of nitrogens with two attached hydrogens (primary N) is 1. The van der Waals surface area contributed by atoms with Crippen LogP contribution in [0.5, 0.6) is 0 Å². The number of rotatable bonds is 3. The lowest BCUT2D eigenvalue weighted by molar-refractivity contribution is -0.688. The summed E-state index contributed by atoms with van der Waals surface area (Å²) >= 11 is 6.07. The molecule has 94 valence electrons. The van der Waals surface area contributed by atoms with Gasteiger partial charge in [0.25, 0.3) is 5.91 Å². The number of hydrogen-bond acceptors (Lipinski definition) is 1. The Labute approximate surface area is 109 Å². The van der Waals surface area contributed by atoms with Crippen molar-refractivity contribution in [3.8, 4) is 0 Å². The highest BCUT2D eigenvalue weighted by atomic mass is 35.5. The second kappa shape index (κ2) is 6.12. The van der Waals surface area contributed by atoms with E-state index in [1.807, 2.05) is 35.0 Å². The Morgan fingerprint density at radius 3 is 2.61 bits per heavy atom. The van der Waals surface area contributed by atoms with Gasteiger partial charge < -0.3 is 10.4 Å². The summed E-state index contributed by atoms with van der Waals surface area (Å²) < 4.78 is 1.88. The zero-order valence-corrected chi connectivity index (χ0v) is 10.3. The molecule has 0 aliphatic carbocycles. The van der Waals surface area contributed by atoms with E-state index in [1.165, 1.54) is 0 Å². The number of hydrogen-bond donors (Lipinski definition) is 1. The van der Waals surface area contributed by atoms with Gasteiger partial charge in [0, 0.05) is 11.6 Å². The highest BCUT2D eigenvalue weighted by Gasteiger charge is 2.09. The van der Waals surface area contributed by atoms with E-state index in [4.69, 9.17) is 17.3 Å². The van der Waals surface area contributed by atoms with Gasteiger partial charge in [-0.05, 0) is 12.1 Å². The van der Waals surface area contributed by atoms with Gasteiger partial charge in [-0.2, -0.15) is 4.57 Å². The minimum Gasteiger partial charge on any atom is -1.00 e. The van der Waals surface area contributed by atoms with Crippen LogP contribution in [0.4, 0.5) is 0 Å². The average Bonchev–Trinajstić information content (AvgIpc) is 2.32. The van der Waals surface area contributed by atoms with Crippen LogP contribution in [0.2, 0.25) is 5.02 Å². The van der Waals surface area contributed by atoms with Crippen molar-refractivity contribution < 1.29 is 14.1 Å². The van der Waals surface area contributed by atoms with Gasteiger partial charge in [-0.3, -0.25) is 4.79 Å². The number of nitrogens with zero attached hydrogens (tertiary/aromatic N) is 1. The van der Waals surface area contributed by atoms with E-state index >= 15 is 0 Å². The van der Waals surface area contributed by atoms with E-state index in [9.17, 15) is 4.79 Å². The van der Waals surface area contributed by atoms with E-state index < -0.39 is 5.91 Å². The number of benzene rings is 1. The molecule has 3 nitrogen and oxygen atoms in total. The number of carbonyl (C=O) groups is 1. The van der Waals surface area contributed by atoms with E-state index in [0.29, 0.717) is 17.1 Å². The quantitative estimate of drug-likeness (QED) is 0.696. The first-order valence-corrected chi connectivity index (χ1v) is 5.57. The fourth-order valence-corrected chi connectivity index (χ4v) is 1.78. The smallest absolute Gasteiger partial charge is 0.254 e. The molecule has 1 amide bonds. The zero-order valence-electron chi connectivity index (χ0n) is 9.51. The van der Waals surface area contributed by atoms with Gasteiger partial charge in [-0.25, -0.2) is 0 Å². The summed E-state index contributed by atoms with van der Waals surface area (Å²) in [7, 11) is 0. The van der Waals surface area contributed by atoms with E-state index in [0.717, 1.165) is 5.56 Å². The molecule has 0 radical (unpaired) electrons. The van der Waals surface area contributed by atoms with Crippen LogP contribution in [-0.2, 0) is 6.54 Å². The molecule has 0 atom stereocenters. The molecule has 2 N–H and O–H groups in total. The lowest BCUT2D eigenvalue weighted by Gasteiger charge is -2.01. The van der Waals surface area contributed by atoms with Crippen molar-refractivity contribution >= 4 is 17.5 Å². The van der Waals surface area contributed by atoms with Crippen LogP contribution in [0.15, 0.2) is 48.8 Å². The monoisotopic (exact) mass is 266 g/mol. The van der Waals surface area contributed by atoms with Crippen molar-refractivity contribution in [3.05, 3.63) is 64.9 Å². The number of aromatic nitrogens is 1. The van der Waals surface area contributed by atoms with Crippen molar-refractivity contribution in [1.29, 1.82) is 0 Å². The Morgan fingerprint density at radius 2 is 1.94 bits per heavy atom. The molecule has 1 heterocycles. The maximum atomic E-state index is 11.1. The normalized spacial score (nSPS) is 9.61. The van der Waals surface area contributed by atoms with Gasteiger partial charge >= 0.3 is 0 Å². The van der Waals surface area contributed by atoms with E-state index in [1.54, 1.807) is 18.3 Å². The van der Waals surface area contributed by atoms with Crippen molar-refractivity contribution in [2.75, 3.05) is 0 Å². The molecule has 18 heavy (non-hydrogen) atoms. The number of amides is 1. The molecule has 0 fully saturated rings. The fourth-order valence-electron chi connectivity index (χ4n) is 1.59. The van der Waals surface area contributed by atoms with Crippen LogP contribution < -0.4 is 15.0 Å². The van der Waals surface area contributed by atoms with Crippen LogP contribution in [0.25, 0.3) is 0 Å². The molecule has 0 spiro atoms. The fraction of sp³-hybridized carbons (Fsp3) is 0.0769. The molecule has 2 aromatic rings. The van der Waals surface area contributed by atoms with Crippen molar-refractivity contribution in [1.82, 2.24) is 0 Å². The van der Waals surface area contributed by atoms with Crippen molar-refractivity contribution in [3.63, 3.8) is 0 Å². The van der Waals surface area contributed by atoms with Crippen molar-refractivity contribution in [2.45, 2.75) is 6.54 Å². The number of primary amides is 1. The van der Waals surface area contributed by atoms with Crippen LogP contribution in [0.3, 0.4) is 0 Å². The predicted molar refractivity (Wildman–Crippen MR) is 65.7 cm³/mol. The maximum Gasteiger partial charge on any atom is 0.254 e. The lowest BCUT2D eigenvalue weighted by atomic mass is 10.2. The Hall–Kier alpha value is -1.94. The maximum absolute atomic E-state index is 11.1. The summed E-state index contributed by atoms with van der Waals surface area (Å²) in [4.78, 5) is 11.1. The number of halogens is 2. The molecule has 0 aliphatic heterocycles. The van der Waals surface area contributed by atoms with Crippen LogP contribution >= 0.6 is 11.6 Å². The SMILES string of the molecule is NC(=O)c1ccc[n+](Cc2ccccc2Cl)c1.[F-]. The third-order valence-corrected chi connectivity index (χ3v) is 2.82. The summed E-state index contributed by atoms with van der Waals surface area (Å²) in [6.07, 6.45) is 3.58. The largest absolute Gasteiger partial charge is 1.00 e. The Morgan fingerprint density at radius 1 is 1.22 bits per heavy atom. The third-order valence-electron chi connectivity index (χ3n) is 2.45. The topological polar surface area (TPSA) is 47.0 Å². The van der Waals surface area contributed by atoms with Gasteiger partial charge in [0.1, 0.15) is 5.56 Å². The lowest BCUT2D eigenvalue weighted by Crippen LogP contribution is -3.00. The highest BCUT2D eigenvalue weighted by molar-refractivity contribution is 6.31. The summed E-state index contributed by atoms with van der Waals surface area (Å²) in [6.45, 7) is 0.612. The molecule has 1 aromatic carbocycles. The van der Waals surface area contributed by atoms with Crippen LogP contribution in [0.1, 0.15) is 15.9 Å². The first-order chi connectivity index (χ1) is 8.16. The number of pyridine rings is 1. The molecular weight excluding hydrogens is 255 g/mol. The molecule has 0 saturated carbocycles. The van der Waals surface area contributed by atoms with Crippen LogP contribution in [-0.4, -0.2) is 5.91 Å². The Bertz CT molecular complexity index is 560. The second-order valence-electron chi connectivity index (χ2n) is 3.72. The first-order valence-electron chi connectivity index (χ1n) is 5.19. The molecule has 0 unspecified atom stereocenters. The molecule has 0 saturated heterocycles. The molecule has 2 rings (SSSR count). The molecule has 0 bridgehead atoms. The summed E-state index contributed by atoms with van der Waals surface area (Å²) in [5, 5.41) is 0.712. The number of carbonyl (C=O) groups excluding carboxylic acids is 1. The summed E-state index contributed by atoms with van der Waals surface area (Å²) in [6, 6.07) is 11.1. The Kier molecular flexibility index (Phi) is 4.80. The molecule has 0 aliphatic rings. The minimum absolute atomic E-state index is 0. The van der Waals surface area contributed by atoms with E-state index in [-0.39, 0.29) is 4.70 Å². The first kappa shape index (κ1) is 14.1. The van der Waals surface area contributed by atoms with Gasteiger partial charge in [-0.1, -0.05) is 29.8 Å². The van der Waals surface area contributed by atoms with Crippen molar-refractivity contribution in [2.24, 2.45) is 5.73 Å². The van der Waals surface area contributed by atoms with Crippen LogP contribution in [0, 0.1) is 0 Å². The van der Waals surface area contributed by atoms with E-state index in [2.05, 4.69) is 0 Å². The second-order valence-corrected chi connectivity index (χ2v) is 4.13. The summed E-state index contributed by atoms with van der Waals surface area (Å²) in [5.74, 6) is -0.432.